The molecule has 1 aromatic carbocycles. The van der Waals surface area contributed by atoms with Gasteiger partial charge in [-0.1, -0.05) is 11.6 Å². The first kappa shape index (κ1) is 15.2. The molecule has 0 saturated carbocycles. The van der Waals surface area contributed by atoms with Gasteiger partial charge in [0.05, 0.1) is 18.3 Å². The number of benzene rings is 1. The Morgan fingerprint density at radius 3 is 3.05 bits per heavy atom. The average molecular weight is 301 g/mol. The number of carbonyl (C=O) groups excluding carboxylic acids is 1. The van der Waals surface area contributed by atoms with Crippen molar-refractivity contribution in [2.24, 2.45) is 5.92 Å². The van der Waals surface area contributed by atoms with Crippen LogP contribution in [0.15, 0.2) is 18.2 Å². The molecular formula is C14H18ClFN2O2. The molecule has 1 amide bonds. The molecule has 4 nitrogen and oxygen atoms in total. The van der Waals surface area contributed by atoms with Crippen LogP contribution in [0.3, 0.4) is 0 Å². The van der Waals surface area contributed by atoms with Gasteiger partial charge < -0.3 is 10.4 Å². The van der Waals surface area contributed by atoms with Crippen LogP contribution in [0.1, 0.15) is 13.3 Å². The Labute approximate surface area is 122 Å². The van der Waals surface area contributed by atoms with Gasteiger partial charge in [0.2, 0.25) is 5.91 Å². The number of halogens is 2. The maximum atomic E-state index is 13.5. The van der Waals surface area contributed by atoms with E-state index in [0.717, 1.165) is 13.0 Å². The molecule has 1 aliphatic rings. The third kappa shape index (κ3) is 3.91. The molecule has 1 heterocycles. The summed E-state index contributed by atoms with van der Waals surface area (Å²) in [5.74, 6) is -0.589. The smallest absolute Gasteiger partial charge is 0.238 e. The third-order valence-corrected chi connectivity index (χ3v) is 3.80. The summed E-state index contributed by atoms with van der Waals surface area (Å²) in [5, 5.41) is 12.4. The van der Waals surface area contributed by atoms with Crippen LogP contribution in [0.5, 0.6) is 0 Å². The lowest BCUT2D eigenvalue weighted by atomic mass is 10.0. The van der Waals surface area contributed by atoms with Crippen LogP contribution < -0.4 is 5.32 Å². The maximum absolute atomic E-state index is 13.5. The van der Waals surface area contributed by atoms with Gasteiger partial charge in [-0.3, -0.25) is 9.69 Å². The molecule has 2 unspecified atom stereocenters. The van der Waals surface area contributed by atoms with Crippen molar-refractivity contribution in [3.8, 4) is 0 Å². The average Bonchev–Trinajstić information content (AvgIpc) is 2.82. The summed E-state index contributed by atoms with van der Waals surface area (Å²) in [7, 11) is 0. The molecule has 0 radical (unpaired) electrons. The van der Waals surface area contributed by atoms with Crippen molar-refractivity contribution in [3.05, 3.63) is 29.0 Å². The lowest BCUT2D eigenvalue weighted by Gasteiger charge is -2.17. The van der Waals surface area contributed by atoms with Crippen molar-refractivity contribution < 1.29 is 14.3 Å². The second kappa shape index (κ2) is 6.52. The SMILES string of the molecule is CC(O)C1CCN(CC(=O)Nc2cc(Cl)ccc2F)C1. The van der Waals surface area contributed by atoms with Crippen molar-refractivity contribution in [1.29, 1.82) is 0 Å². The lowest BCUT2D eigenvalue weighted by Crippen LogP contribution is -2.32. The quantitative estimate of drug-likeness (QED) is 0.895. The molecule has 6 heteroatoms. The normalized spacial score (nSPS) is 20.9. The summed E-state index contributed by atoms with van der Waals surface area (Å²) in [6.07, 6.45) is 0.504. The highest BCUT2D eigenvalue weighted by atomic mass is 35.5. The second-order valence-corrected chi connectivity index (χ2v) is 5.63. The first-order valence-electron chi connectivity index (χ1n) is 6.61. The van der Waals surface area contributed by atoms with Crippen LogP contribution in [0, 0.1) is 11.7 Å². The van der Waals surface area contributed by atoms with Crippen LogP contribution in [0.2, 0.25) is 5.02 Å². The molecule has 0 spiro atoms. The van der Waals surface area contributed by atoms with Gasteiger partial charge in [-0.2, -0.15) is 0 Å². The predicted octanol–water partition coefficient (Wildman–Crippen LogP) is 2.12. The van der Waals surface area contributed by atoms with Crippen molar-refractivity contribution >= 4 is 23.2 Å². The van der Waals surface area contributed by atoms with Crippen molar-refractivity contribution in [3.63, 3.8) is 0 Å². The Bertz CT molecular complexity index is 496. The largest absolute Gasteiger partial charge is 0.393 e. The number of anilines is 1. The summed E-state index contributed by atoms with van der Waals surface area (Å²) in [6.45, 7) is 3.40. The number of nitrogens with zero attached hydrogens (tertiary/aromatic N) is 1. The van der Waals surface area contributed by atoms with Gasteiger partial charge in [-0.25, -0.2) is 4.39 Å². The molecule has 110 valence electrons. The molecular weight excluding hydrogens is 283 g/mol. The number of aliphatic hydroxyl groups is 1. The van der Waals surface area contributed by atoms with Crippen LogP contribution in [-0.2, 0) is 4.79 Å². The van der Waals surface area contributed by atoms with Crippen molar-refractivity contribution in [1.82, 2.24) is 4.90 Å². The highest BCUT2D eigenvalue weighted by Gasteiger charge is 2.27. The summed E-state index contributed by atoms with van der Waals surface area (Å²) in [4.78, 5) is 13.8. The van der Waals surface area contributed by atoms with E-state index in [-0.39, 0.29) is 30.2 Å². The number of hydrogen-bond acceptors (Lipinski definition) is 3. The molecule has 1 saturated heterocycles. The van der Waals surface area contributed by atoms with Gasteiger partial charge in [0, 0.05) is 11.6 Å². The minimum Gasteiger partial charge on any atom is -0.393 e. The van der Waals surface area contributed by atoms with Gasteiger partial charge in [0.15, 0.2) is 0 Å². The fraction of sp³-hybridized carbons (Fsp3) is 0.500. The standard InChI is InChI=1S/C14H18ClFN2O2/c1-9(19)10-4-5-18(7-10)8-14(20)17-13-6-11(15)2-3-12(13)16/h2-3,6,9-10,19H,4-5,7-8H2,1H3,(H,17,20). The Hall–Kier alpha value is -1.17. The molecule has 1 fully saturated rings. The first-order valence-corrected chi connectivity index (χ1v) is 6.99. The zero-order valence-corrected chi connectivity index (χ0v) is 12.0. The van der Waals surface area contributed by atoms with Gasteiger partial charge >= 0.3 is 0 Å². The highest BCUT2D eigenvalue weighted by Crippen LogP contribution is 2.21. The van der Waals surface area contributed by atoms with Gasteiger partial charge in [0.1, 0.15) is 5.82 Å². The summed E-state index contributed by atoms with van der Waals surface area (Å²) >= 11 is 5.77. The van der Waals surface area contributed by atoms with Gasteiger partial charge in [0.25, 0.3) is 0 Å². The van der Waals surface area contributed by atoms with Crippen LogP contribution in [0.25, 0.3) is 0 Å². The molecule has 2 atom stereocenters. The Morgan fingerprint density at radius 2 is 2.40 bits per heavy atom. The maximum Gasteiger partial charge on any atom is 0.238 e. The minimum atomic E-state index is -0.508. The molecule has 1 aliphatic heterocycles. The highest BCUT2D eigenvalue weighted by molar-refractivity contribution is 6.30. The zero-order chi connectivity index (χ0) is 14.7. The third-order valence-electron chi connectivity index (χ3n) is 3.56. The van der Waals surface area contributed by atoms with Gasteiger partial charge in [-0.15, -0.1) is 0 Å². The van der Waals surface area contributed by atoms with Crippen molar-refractivity contribution in [2.45, 2.75) is 19.4 Å². The van der Waals surface area contributed by atoms with E-state index in [2.05, 4.69) is 5.32 Å². The fourth-order valence-corrected chi connectivity index (χ4v) is 2.56. The van der Waals surface area contributed by atoms with Gasteiger partial charge in [-0.05, 0) is 44.0 Å². The number of carbonyl (C=O) groups is 1. The Kier molecular flexibility index (Phi) is 4.96. The van der Waals surface area contributed by atoms with E-state index in [9.17, 15) is 14.3 Å². The minimum absolute atomic E-state index is 0.0915. The zero-order valence-electron chi connectivity index (χ0n) is 11.3. The van der Waals surface area contributed by atoms with E-state index in [1.54, 1.807) is 6.92 Å². The number of rotatable bonds is 4. The summed E-state index contributed by atoms with van der Waals surface area (Å²) < 4.78 is 13.5. The number of nitrogens with one attached hydrogen (secondary N) is 1. The predicted molar refractivity (Wildman–Crippen MR) is 76.3 cm³/mol. The van der Waals surface area contributed by atoms with E-state index in [4.69, 9.17) is 11.6 Å². The molecule has 0 bridgehead atoms. The van der Waals surface area contributed by atoms with Crippen LogP contribution in [-0.4, -0.2) is 41.7 Å². The number of likely N-dealkylation sites (tertiary alicyclic amines) is 1. The van der Waals surface area contributed by atoms with E-state index < -0.39 is 5.82 Å². The van der Waals surface area contributed by atoms with E-state index in [0.29, 0.717) is 11.6 Å². The first-order chi connectivity index (χ1) is 9.45. The molecule has 0 aliphatic carbocycles. The molecule has 2 N–H and O–H groups in total. The van der Waals surface area contributed by atoms with Crippen LogP contribution >= 0.6 is 11.6 Å². The van der Waals surface area contributed by atoms with Crippen LogP contribution in [0.4, 0.5) is 10.1 Å². The molecule has 2 rings (SSSR count). The number of hydrogen-bond donors (Lipinski definition) is 2. The summed E-state index contributed by atoms with van der Waals surface area (Å²) in [5.41, 5.74) is 0.0915. The molecule has 1 aromatic rings. The molecule has 20 heavy (non-hydrogen) atoms. The Balaban J connectivity index is 1.88. The van der Waals surface area contributed by atoms with E-state index >= 15 is 0 Å². The second-order valence-electron chi connectivity index (χ2n) is 5.20. The monoisotopic (exact) mass is 300 g/mol. The summed E-state index contributed by atoms with van der Waals surface area (Å²) in [6, 6.07) is 4.04. The van der Waals surface area contributed by atoms with E-state index in [1.165, 1.54) is 18.2 Å². The Morgan fingerprint density at radius 1 is 1.65 bits per heavy atom. The number of amides is 1. The molecule has 0 aromatic heterocycles. The van der Waals surface area contributed by atoms with E-state index in [1.807, 2.05) is 4.90 Å². The number of aliphatic hydroxyl groups excluding tert-OH is 1. The fourth-order valence-electron chi connectivity index (χ4n) is 2.39. The topological polar surface area (TPSA) is 52.6 Å². The van der Waals surface area contributed by atoms with Crippen molar-refractivity contribution in [2.75, 3.05) is 25.0 Å². The lowest BCUT2D eigenvalue weighted by molar-refractivity contribution is -0.117.